The number of ether oxygens (including phenoxy) is 1. The second-order valence-electron chi connectivity index (χ2n) is 3.00. The van der Waals surface area contributed by atoms with Gasteiger partial charge in [-0.2, -0.15) is 0 Å². The number of hydrogen-bond acceptors (Lipinski definition) is 6. The summed E-state index contributed by atoms with van der Waals surface area (Å²) in [5.74, 6) is 4.28. The van der Waals surface area contributed by atoms with Gasteiger partial charge in [0, 0.05) is 17.7 Å². The number of carbonyl (C=O) groups is 1. The molecule has 0 aliphatic rings. The van der Waals surface area contributed by atoms with E-state index < -0.39 is 10.7 Å². The predicted molar refractivity (Wildman–Crippen MR) is 60.7 cm³/mol. The van der Waals surface area contributed by atoms with E-state index in [9.17, 15) is 14.9 Å². The van der Waals surface area contributed by atoms with Gasteiger partial charge < -0.3 is 10.6 Å². The van der Waals surface area contributed by atoms with E-state index in [0.29, 0.717) is 0 Å². The average Bonchev–Trinajstić information content (AvgIpc) is 2.35. The number of Topliss-reactive ketones (excluding diaryl/α,β-unsaturated/α-hetero) is 1. The number of hydrazone groups is 1. The monoisotopic (exact) mass is 237 g/mol. The Morgan fingerprint density at radius 3 is 2.47 bits per heavy atom. The molecule has 17 heavy (non-hydrogen) atoms. The van der Waals surface area contributed by atoms with Crippen molar-refractivity contribution in [3.63, 3.8) is 0 Å². The van der Waals surface area contributed by atoms with Crippen molar-refractivity contribution < 1.29 is 14.5 Å². The summed E-state index contributed by atoms with van der Waals surface area (Å²) in [5, 5.41) is 13.6. The van der Waals surface area contributed by atoms with Crippen molar-refractivity contribution in [3.05, 3.63) is 39.9 Å². The van der Waals surface area contributed by atoms with Crippen LogP contribution in [0.2, 0.25) is 0 Å². The van der Waals surface area contributed by atoms with Crippen LogP contribution in [0.3, 0.4) is 0 Å². The minimum absolute atomic E-state index is 0.0933. The predicted octanol–water partition coefficient (Wildman–Crippen LogP) is 1.09. The molecular formula is C10H11N3O4. The second kappa shape index (κ2) is 5.59. The van der Waals surface area contributed by atoms with Gasteiger partial charge in [-0.25, -0.2) is 0 Å². The molecule has 0 saturated heterocycles. The van der Waals surface area contributed by atoms with Crippen LogP contribution in [-0.4, -0.2) is 23.2 Å². The summed E-state index contributed by atoms with van der Waals surface area (Å²) >= 11 is 0. The van der Waals surface area contributed by atoms with Crippen molar-refractivity contribution in [2.45, 2.75) is 6.92 Å². The minimum atomic E-state index is -0.547. The topological polar surface area (TPSA) is 108 Å². The number of nitrogens with two attached hydrogens (primary N) is 1. The van der Waals surface area contributed by atoms with Gasteiger partial charge in [0.1, 0.15) is 0 Å². The van der Waals surface area contributed by atoms with Crippen LogP contribution in [0.4, 0.5) is 5.69 Å². The zero-order valence-corrected chi connectivity index (χ0v) is 9.12. The van der Waals surface area contributed by atoms with E-state index in [1.165, 1.54) is 24.3 Å². The number of nitrogens with zero attached hydrogens (tertiary/aromatic N) is 2. The molecule has 0 aromatic heterocycles. The quantitative estimate of drug-likeness (QED) is 0.210. The van der Waals surface area contributed by atoms with Gasteiger partial charge in [-0.3, -0.25) is 14.9 Å². The van der Waals surface area contributed by atoms with Crippen LogP contribution < -0.4 is 5.84 Å². The third-order valence-electron chi connectivity index (χ3n) is 1.93. The summed E-state index contributed by atoms with van der Waals surface area (Å²) in [7, 11) is 0. The Hall–Kier alpha value is -2.44. The number of ketones is 1. The number of hydrogen-bond donors (Lipinski definition) is 1. The molecule has 0 unspecified atom stereocenters. The van der Waals surface area contributed by atoms with E-state index in [4.69, 9.17) is 10.6 Å². The zero-order valence-electron chi connectivity index (χ0n) is 9.12. The van der Waals surface area contributed by atoms with Gasteiger partial charge in [-0.1, -0.05) is 0 Å². The lowest BCUT2D eigenvalue weighted by Crippen LogP contribution is -2.19. The van der Waals surface area contributed by atoms with E-state index >= 15 is 0 Å². The molecule has 0 saturated carbocycles. The minimum Gasteiger partial charge on any atom is -0.474 e. The Morgan fingerprint density at radius 1 is 1.47 bits per heavy atom. The molecule has 0 heterocycles. The highest BCUT2D eigenvalue weighted by atomic mass is 16.6. The lowest BCUT2D eigenvalue weighted by molar-refractivity contribution is -0.384. The smallest absolute Gasteiger partial charge is 0.279 e. The van der Waals surface area contributed by atoms with Crippen molar-refractivity contribution in [2.24, 2.45) is 10.9 Å². The van der Waals surface area contributed by atoms with Gasteiger partial charge in [-0.05, 0) is 19.1 Å². The summed E-state index contributed by atoms with van der Waals surface area (Å²) in [4.78, 5) is 21.6. The molecule has 0 fully saturated rings. The maximum absolute atomic E-state index is 11.7. The fourth-order valence-electron chi connectivity index (χ4n) is 1.16. The number of non-ortho nitro benzene ring substituents is 1. The molecule has 7 heteroatoms. The van der Waals surface area contributed by atoms with Gasteiger partial charge in [0.2, 0.25) is 5.78 Å². The Bertz CT molecular complexity index is 453. The van der Waals surface area contributed by atoms with E-state index in [0.717, 1.165) is 0 Å². The van der Waals surface area contributed by atoms with Gasteiger partial charge in [0.05, 0.1) is 11.5 Å². The molecule has 0 aliphatic carbocycles. The Balaban J connectivity index is 2.93. The normalized spacial score (nSPS) is 11.0. The molecule has 1 aromatic rings. The third kappa shape index (κ3) is 3.00. The molecule has 0 radical (unpaired) electrons. The number of rotatable bonds is 4. The summed E-state index contributed by atoms with van der Waals surface area (Å²) in [6.07, 6.45) is 0. The molecule has 1 aromatic carbocycles. The maximum atomic E-state index is 11.7. The molecular weight excluding hydrogens is 226 g/mol. The SMILES string of the molecule is CCO/C(=N/N)C(=O)c1ccc([N+](=O)[O-])cc1. The molecule has 0 spiro atoms. The largest absolute Gasteiger partial charge is 0.474 e. The second-order valence-corrected chi connectivity index (χ2v) is 3.00. The van der Waals surface area contributed by atoms with E-state index in [2.05, 4.69) is 5.10 Å². The maximum Gasteiger partial charge on any atom is 0.279 e. The Labute approximate surface area is 97.0 Å². The summed E-state index contributed by atoms with van der Waals surface area (Å²) < 4.78 is 4.93. The van der Waals surface area contributed by atoms with Gasteiger partial charge >= 0.3 is 0 Å². The first-order valence-electron chi connectivity index (χ1n) is 4.80. The van der Waals surface area contributed by atoms with Crippen LogP contribution >= 0.6 is 0 Å². The van der Waals surface area contributed by atoms with Crippen LogP contribution in [0.15, 0.2) is 29.4 Å². The first kappa shape index (κ1) is 12.6. The zero-order chi connectivity index (χ0) is 12.8. The molecule has 90 valence electrons. The fraction of sp³-hybridized carbons (Fsp3) is 0.200. The Kier molecular flexibility index (Phi) is 4.15. The third-order valence-corrected chi connectivity index (χ3v) is 1.93. The summed E-state index contributed by atoms with van der Waals surface area (Å²) in [6.45, 7) is 1.95. The lowest BCUT2D eigenvalue weighted by Gasteiger charge is -2.04. The van der Waals surface area contributed by atoms with E-state index in [-0.39, 0.29) is 23.8 Å². The highest BCUT2D eigenvalue weighted by molar-refractivity contribution is 6.42. The van der Waals surface area contributed by atoms with Gasteiger partial charge in [-0.15, -0.1) is 5.10 Å². The Morgan fingerprint density at radius 2 is 2.06 bits per heavy atom. The van der Waals surface area contributed by atoms with Crippen LogP contribution in [0.25, 0.3) is 0 Å². The van der Waals surface area contributed by atoms with Crippen molar-refractivity contribution in [1.82, 2.24) is 0 Å². The van der Waals surface area contributed by atoms with Crippen molar-refractivity contribution >= 4 is 17.4 Å². The molecule has 0 bridgehead atoms. The molecule has 1 rings (SSSR count). The van der Waals surface area contributed by atoms with Crippen molar-refractivity contribution in [1.29, 1.82) is 0 Å². The van der Waals surface area contributed by atoms with Gasteiger partial charge in [0.25, 0.3) is 11.6 Å². The van der Waals surface area contributed by atoms with Crippen LogP contribution in [0.1, 0.15) is 17.3 Å². The van der Waals surface area contributed by atoms with Gasteiger partial charge in [0.15, 0.2) is 0 Å². The number of carbonyl (C=O) groups excluding carboxylic acids is 1. The van der Waals surface area contributed by atoms with Crippen molar-refractivity contribution in [2.75, 3.05) is 6.61 Å². The van der Waals surface area contributed by atoms with Crippen molar-refractivity contribution in [3.8, 4) is 0 Å². The van der Waals surface area contributed by atoms with Crippen LogP contribution in [-0.2, 0) is 4.74 Å². The first-order valence-corrected chi connectivity index (χ1v) is 4.80. The molecule has 7 nitrogen and oxygen atoms in total. The molecule has 0 amide bonds. The highest BCUT2D eigenvalue weighted by Gasteiger charge is 2.16. The van der Waals surface area contributed by atoms with Crippen LogP contribution in [0, 0.1) is 10.1 Å². The lowest BCUT2D eigenvalue weighted by atomic mass is 10.1. The molecule has 0 aliphatic heterocycles. The van der Waals surface area contributed by atoms with E-state index in [1.807, 2.05) is 0 Å². The van der Waals surface area contributed by atoms with E-state index in [1.54, 1.807) is 6.92 Å². The highest BCUT2D eigenvalue weighted by Crippen LogP contribution is 2.12. The summed E-state index contributed by atoms with van der Waals surface area (Å²) in [6, 6.07) is 5.11. The average molecular weight is 237 g/mol. The molecule has 2 N–H and O–H groups in total. The fourth-order valence-corrected chi connectivity index (χ4v) is 1.16. The number of benzene rings is 1. The number of nitro groups is 1. The standard InChI is InChI=1S/C10H11N3O4/c1-2-17-10(12-11)9(14)7-3-5-8(6-4-7)13(15)16/h3-6H,2,11H2,1H3/b12-10+. The number of nitro benzene ring substituents is 1. The first-order chi connectivity index (χ1) is 8.10. The summed E-state index contributed by atoms with van der Waals surface area (Å²) in [5.41, 5.74) is 0.137. The van der Waals surface area contributed by atoms with Crippen LogP contribution in [0.5, 0.6) is 0 Å². The molecule has 0 atom stereocenters.